The molecule has 8 nitrogen and oxygen atoms in total. The summed E-state index contributed by atoms with van der Waals surface area (Å²) in [5, 5.41) is 24.0. The number of anilines is 3. The number of hydrogen-bond acceptors (Lipinski definition) is 7. The van der Waals surface area contributed by atoms with Crippen molar-refractivity contribution in [3.05, 3.63) is 71.8 Å². The monoisotopic (exact) mass is 392 g/mol. The SMILES string of the molecule is CC(Nc1cc(NC(=N)C=N)nc(NCc2ccc(F)cc2)n1)c1cccnc1. The van der Waals surface area contributed by atoms with Gasteiger partial charge < -0.3 is 21.4 Å². The minimum absolute atomic E-state index is 0.0569. The van der Waals surface area contributed by atoms with Gasteiger partial charge in [-0.2, -0.15) is 9.97 Å². The number of hydrogen-bond donors (Lipinski definition) is 5. The zero-order valence-corrected chi connectivity index (χ0v) is 15.8. The lowest BCUT2D eigenvalue weighted by Crippen LogP contribution is -2.15. The molecule has 0 amide bonds. The molecule has 0 aliphatic carbocycles. The highest BCUT2D eigenvalue weighted by Gasteiger charge is 2.10. The number of halogens is 1. The molecule has 3 aromatic rings. The second-order valence-corrected chi connectivity index (χ2v) is 6.28. The molecule has 2 heterocycles. The number of pyridine rings is 1. The Bertz CT molecular complexity index is 976. The average molecular weight is 392 g/mol. The molecule has 1 aromatic carbocycles. The Balaban J connectivity index is 1.79. The van der Waals surface area contributed by atoms with Gasteiger partial charge in [-0.25, -0.2) is 4.39 Å². The van der Waals surface area contributed by atoms with E-state index in [-0.39, 0.29) is 17.7 Å². The van der Waals surface area contributed by atoms with Crippen molar-refractivity contribution < 1.29 is 4.39 Å². The smallest absolute Gasteiger partial charge is 0.226 e. The Hall–Kier alpha value is -3.88. The van der Waals surface area contributed by atoms with Crippen molar-refractivity contribution >= 4 is 29.6 Å². The van der Waals surface area contributed by atoms with E-state index in [4.69, 9.17) is 10.8 Å². The van der Waals surface area contributed by atoms with Gasteiger partial charge in [-0.1, -0.05) is 18.2 Å². The number of benzene rings is 1. The molecule has 2 aromatic heterocycles. The normalized spacial score (nSPS) is 11.4. The van der Waals surface area contributed by atoms with E-state index in [2.05, 4.69) is 30.9 Å². The molecule has 3 rings (SSSR count). The number of nitrogens with zero attached hydrogens (tertiary/aromatic N) is 3. The average Bonchev–Trinajstić information content (AvgIpc) is 2.73. The van der Waals surface area contributed by atoms with Gasteiger partial charge in [-0.3, -0.25) is 10.4 Å². The second kappa shape index (κ2) is 9.36. The first-order valence-electron chi connectivity index (χ1n) is 8.93. The first-order valence-corrected chi connectivity index (χ1v) is 8.93. The van der Waals surface area contributed by atoms with Crippen molar-refractivity contribution in [2.45, 2.75) is 19.5 Å². The topological polar surface area (TPSA) is 122 Å². The molecule has 1 unspecified atom stereocenters. The molecule has 29 heavy (non-hydrogen) atoms. The van der Waals surface area contributed by atoms with Crippen LogP contribution in [0.1, 0.15) is 24.1 Å². The summed E-state index contributed by atoms with van der Waals surface area (Å²) in [5.74, 6) is 0.851. The molecule has 1 atom stereocenters. The Labute approximate surface area is 167 Å². The Kier molecular flexibility index (Phi) is 6.41. The van der Waals surface area contributed by atoms with Crippen LogP contribution in [0.2, 0.25) is 0 Å². The standard InChI is InChI=1S/C20H21FN8/c1-13(15-3-2-8-24-12-15)26-18-9-19(27-17(23)10-22)29-20(28-18)25-11-14-4-6-16(21)7-5-14/h2-10,12-13,22H,11H2,1H3,(H4,23,25,26,27,28,29). The van der Waals surface area contributed by atoms with Crippen LogP contribution in [0.15, 0.2) is 54.9 Å². The van der Waals surface area contributed by atoms with Crippen LogP contribution in [0.5, 0.6) is 0 Å². The van der Waals surface area contributed by atoms with Crippen LogP contribution in [0, 0.1) is 16.6 Å². The van der Waals surface area contributed by atoms with Gasteiger partial charge in [0, 0.05) is 25.0 Å². The Morgan fingerprint density at radius 1 is 1.17 bits per heavy atom. The van der Waals surface area contributed by atoms with Crippen molar-refractivity contribution in [1.29, 1.82) is 10.8 Å². The Morgan fingerprint density at radius 2 is 1.93 bits per heavy atom. The maximum absolute atomic E-state index is 13.1. The number of rotatable bonds is 8. The van der Waals surface area contributed by atoms with Gasteiger partial charge in [-0.05, 0) is 36.2 Å². The fourth-order valence-electron chi connectivity index (χ4n) is 2.56. The van der Waals surface area contributed by atoms with Gasteiger partial charge in [0.05, 0.1) is 12.3 Å². The fraction of sp³-hybridized carbons (Fsp3) is 0.150. The van der Waals surface area contributed by atoms with Crippen LogP contribution >= 0.6 is 0 Å². The molecule has 0 fully saturated rings. The van der Waals surface area contributed by atoms with E-state index >= 15 is 0 Å². The van der Waals surface area contributed by atoms with Crippen LogP contribution in [0.4, 0.5) is 22.0 Å². The van der Waals surface area contributed by atoms with Crippen LogP contribution in [-0.4, -0.2) is 27.0 Å². The van der Waals surface area contributed by atoms with Gasteiger partial charge in [-0.15, -0.1) is 0 Å². The van der Waals surface area contributed by atoms with E-state index in [0.717, 1.165) is 17.3 Å². The number of aromatic nitrogens is 3. The Morgan fingerprint density at radius 3 is 2.62 bits per heavy atom. The molecule has 0 aliphatic rings. The third-order valence-electron chi connectivity index (χ3n) is 4.05. The van der Waals surface area contributed by atoms with Crippen LogP contribution < -0.4 is 16.0 Å². The van der Waals surface area contributed by atoms with E-state index in [1.165, 1.54) is 12.1 Å². The summed E-state index contributed by atoms with van der Waals surface area (Å²) in [5.41, 5.74) is 1.87. The first kappa shape index (κ1) is 19.9. The zero-order valence-electron chi connectivity index (χ0n) is 15.8. The minimum atomic E-state index is -0.294. The number of amidine groups is 1. The molecule has 0 saturated carbocycles. The summed E-state index contributed by atoms with van der Waals surface area (Å²) in [6, 6.07) is 11.6. The van der Waals surface area contributed by atoms with Crippen molar-refractivity contribution in [3.63, 3.8) is 0 Å². The predicted octanol–water partition coefficient (Wildman–Crippen LogP) is 3.83. The van der Waals surface area contributed by atoms with Crippen LogP contribution in [0.25, 0.3) is 0 Å². The third kappa shape index (κ3) is 5.80. The van der Waals surface area contributed by atoms with Crippen molar-refractivity contribution in [2.75, 3.05) is 16.0 Å². The maximum atomic E-state index is 13.1. The second-order valence-electron chi connectivity index (χ2n) is 6.28. The largest absolute Gasteiger partial charge is 0.363 e. The summed E-state index contributed by atoms with van der Waals surface area (Å²) in [7, 11) is 0. The highest BCUT2D eigenvalue weighted by molar-refractivity contribution is 6.32. The summed E-state index contributed by atoms with van der Waals surface area (Å²) < 4.78 is 13.1. The highest BCUT2D eigenvalue weighted by Crippen LogP contribution is 2.21. The quantitative estimate of drug-likeness (QED) is 0.293. The van der Waals surface area contributed by atoms with E-state index in [0.29, 0.717) is 24.1 Å². The van der Waals surface area contributed by atoms with Crippen molar-refractivity contribution in [1.82, 2.24) is 15.0 Å². The van der Waals surface area contributed by atoms with Crippen molar-refractivity contribution in [2.24, 2.45) is 0 Å². The molecular weight excluding hydrogens is 371 g/mol. The van der Waals surface area contributed by atoms with Gasteiger partial charge in [0.25, 0.3) is 0 Å². The van der Waals surface area contributed by atoms with E-state index in [9.17, 15) is 4.39 Å². The van der Waals surface area contributed by atoms with E-state index < -0.39 is 0 Å². The summed E-state index contributed by atoms with van der Waals surface area (Å²) >= 11 is 0. The molecule has 0 bridgehead atoms. The molecule has 148 valence electrons. The minimum Gasteiger partial charge on any atom is -0.363 e. The zero-order chi connectivity index (χ0) is 20.6. The van der Waals surface area contributed by atoms with E-state index in [1.807, 2.05) is 19.1 Å². The molecule has 0 aliphatic heterocycles. The van der Waals surface area contributed by atoms with Gasteiger partial charge in [0.15, 0.2) is 0 Å². The molecule has 0 saturated heterocycles. The highest BCUT2D eigenvalue weighted by atomic mass is 19.1. The van der Waals surface area contributed by atoms with Crippen LogP contribution in [0.3, 0.4) is 0 Å². The summed E-state index contributed by atoms with van der Waals surface area (Å²) in [6.07, 6.45) is 4.37. The molecule has 9 heteroatoms. The predicted molar refractivity (Wildman–Crippen MR) is 112 cm³/mol. The maximum Gasteiger partial charge on any atom is 0.226 e. The summed E-state index contributed by atoms with van der Waals surface area (Å²) in [4.78, 5) is 12.9. The van der Waals surface area contributed by atoms with Gasteiger partial charge in [0.2, 0.25) is 5.95 Å². The fourth-order valence-corrected chi connectivity index (χ4v) is 2.56. The number of nitrogens with one attached hydrogen (secondary N) is 5. The van der Waals surface area contributed by atoms with Gasteiger partial charge in [0.1, 0.15) is 23.3 Å². The molecule has 5 N–H and O–H groups in total. The molecule has 0 radical (unpaired) electrons. The molecular formula is C20H21FN8. The lowest BCUT2D eigenvalue weighted by Gasteiger charge is -2.16. The molecule has 0 spiro atoms. The van der Waals surface area contributed by atoms with Crippen LogP contribution in [-0.2, 0) is 6.54 Å². The van der Waals surface area contributed by atoms with Gasteiger partial charge >= 0.3 is 0 Å². The lowest BCUT2D eigenvalue weighted by molar-refractivity contribution is 0.627. The first-order chi connectivity index (χ1) is 14.0. The van der Waals surface area contributed by atoms with E-state index in [1.54, 1.807) is 30.6 Å². The lowest BCUT2D eigenvalue weighted by atomic mass is 10.1. The third-order valence-corrected chi connectivity index (χ3v) is 4.05. The summed E-state index contributed by atoms with van der Waals surface area (Å²) in [6.45, 7) is 2.39. The van der Waals surface area contributed by atoms with Crippen molar-refractivity contribution in [3.8, 4) is 0 Å².